The van der Waals surface area contributed by atoms with Crippen molar-refractivity contribution in [3.05, 3.63) is 63.1 Å². The van der Waals surface area contributed by atoms with Crippen molar-refractivity contribution in [3.63, 3.8) is 0 Å². The van der Waals surface area contributed by atoms with Gasteiger partial charge in [-0.3, -0.25) is 4.79 Å². The molecule has 0 spiro atoms. The van der Waals surface area contributed by atoms with Crippen LogP contribution in [0.1, 0.15) is 16.7 Å². The number of hydrogen-bond donors (Lipinski definition) is 0. The van der Waals surface area contributed by atoms with Crippen molar-refractivity contribution in [1.82, 2.24) is 15.1 Å². The monoisotopic (exact) mass is 435 g/mol. The third kappa shape index (κ3) is 5.07. The zero-order valence-corrected chi connectivity index (χ0v) is 18.0. The second kappa shape index (κ2) is 8.99. The Bertz CT molecular complexity index is 1010. The lowest BCUT2D eigenvalue weighted by atomic mass is 10.1. The molecule has 0 saturated heterocycles. The highest BCUT2D eigenvalue weighted by Gasteiger charge is 2.15. The molecule has 1 amide bonds. The molecule has 0 atom stereocenters. The summed E-state index contributed by atoms with van der Waals surface area (Å²) in [5, 5.41) is 9.43. The van der Waals surface area contributed by atoms with E-state index in [4.69, 9.17) is 27.6 Å². The van der Waals surface area contributed by atoms with Gasteiger partial charge in [-0.1, -0.05) is 47.1 Å². The molecule has 0 saturated carbocycles. The maximum absolute atomic E-state index is 12.4. The number of amides is 1. The molecule has 0 radical (unpaired) electrons. The normalized spacial score (nSPS) is 10.9. The molecule has 1 aromatic heterocycles. The molecule has 0 unspecified atom stereocenters. The molecular formula is C20H19Cl2N3O2S. The molecule has 1 heterocycles. The Morgan fingerprint density at radius 2 is 1.86 bits per heavy atom. The summed E-state index contributed by atoms with van der Waals surface area (Å²) in [5.41, 5.74) is 4.13. The zero-order chi connectivity index (χ0) is 20.3. The van der Waals surface area contributed by atoms with Crippen LogP contribution in [0.3, 0.4) is 0 Å². The lowest BCUT2D eigenvalue weighted by molar-refractivity contribution is -0.127. The summed E-state index contributed by atoms with van der Waals surface area (Å²) in [6.07, 6.45) is 0. The van der Waals surface area contributed by atoms with Crippen molar-refractivity contribution in [1.29, 1.82) is 0 Å². The quantitative estimate of drug-likeness (QED) is 0.484. The van der Waals surface area contributed by atoms with E-state index in [-0.39, 0.29) is 11.7 Å². The van der Waals surface area contributed by atoms with Gasteiger partial charge < -0.3 is 9.32 Å². The number of aryl methyl sites for hydroxylation is 2. The van der Waals surface area contributed by atoms with E-state index in [1.807, 2.05) is 38.1 Å². The predicted molar refractivity (Wildman–Crippen MR) is 113 cm³/mol. The van der Waals surface area contributed by atoms with Gasteiger partial charge in [0, 0.05) is 19.2 Å². The molecule has 5 nitrogen and oxygen atoms in total. The standard InChI is InChI=1S/C20H19Cl2N3O2S/c1-12-4-6-15(8-13(12)2)19-23-24-20(27-19)28-11-18(26)25(3)10-14-5-7-16(21)17(22)9-14/h4-9H,10-11H2,1-3H3. The van der Waals surface area contributed by atoms with Crippen LogP contribution in [0.25, 0.3) is 11.5 Å². The van der Waals surface area contributed by atoms with E-state index < -0.39 is 0 Å². The van der Waals surface area contributed by atoms with Gasteiger partial charge in [0.2, 0.25) is 11.8 Å². The largest absolute Gasteiger partial charge is 0.411 e. The Morgan fingerprint density at radius 1 is 1.07 bits per heavy atom. The van der Waals surface area contributed by atoms with Crippen LogP contribution in [0.2, 0.25) is 10.0 Å². The second-order valence-electron chi connectivity index (χ2n) is 6.46. The highest BCUT2D eigenvalue weighted by Crippen LogP contribution is 2.26. The fourth-order valence-electron chi connectivity index (χ4n) is 2.49. The first kappa shape index (κ1) is 20.7. The van der Waals surface area contributed by atoms with Gasteiger partial charge in [-0.15, -0.1) is 10.2 Å². The first-order valence-corrected chi connectivity index (χ1v) is 10.3. The first-order valence-electron chi connectivity index (χ1n) is 8.55. The van der Waals surface area contributed by atoms with Gasteiger partial charge in [0.05, 0.1) is 15.8 Å². The van der Waals surface area contributed by atoms with Gasteiger partial charge in [0.15, 0.2) is 0 Å². The molecule has 2 aromatic carbocycles. The number of hydrogen-bond acceptors (Lipinski definition) is 5. The Balaban J connectivity index is 1.57. The van der Waals surface area contributed by atoms with Crippen LogP contribution in [0.15, 0.2) is 46.0 Å². The van der Waals surface area contributed by atoms with Crippen molar-refractivity contribution >= 4 is 40.9 Å². The minimum atomic E-state index is -0.0537. The third-order valence-corrected chi connectivity index (χ3v) is 5.85. The fourth-order valence-corrected chi connectivity index (χ4v) is 3.52. The van der Waals surface area contributed by atoms with Crippen molar-refractivity contribution in [2.75, 3.05) is 12.8 Å². The van der Waals surface area contributed by atoms with Crippen LogP contribution in [0, 0.1) is 13.8 Å². The van der Waals surface area contributed by atoms with Crippen LogP contribution in [0.5, 0.6) is 0 Å². The number of aromatic nitrogens is 2. The summed E-state index contributed by atoms with van der Waals surface area (Å²) in [6.45, 7) is 4.52. The third-order valence-electron chi connectivity index (χ3n) is 4.31. The summed E-state index contributed by atoms with van der Waals surface area (Å²) in [5.74, 6) is 0.594. The van der Waals surface area contributed by atoms with Gasteiger partial charge >= 0.3 is 0 Å². The maximum atomic E-state index is 12.4. The molecule has 3 aromatic rings. The van der Waals surface area contributed by atoms with Crippen LogP contribution in [-0.4, -0.2) is 33.8 Å². The van der Waals surface area contributed by atoms with E-state index in [0.717, 1.165) is 16.7 Å². The Morgan fingerprint density at radius 3 is 2.57 bits per heavy atom. The summed E-state index contributed by atoms with van der Waals surface area (Å²) in [6, 6.07) is 11.3. The molecule has 8 heteroatoms. The number of nitrogens with zero attached hydrogens (tertiary/aromatic N) is 3. The number of rotatable bonds is 6. The lowest BCUT2D eigenvalue weighted by Crippen LogP contribution is -2.27. The topological polar surface area (TPSA) is 59.2 Å². The molecule has 0 aliphatic heterocycles. The Kier molecular flexibility index (Phi) is 6.65. The summed E-state index contributed by atoms with van der Waals surface area (Å²) in [4.78, 5) is 14.0. The SMILES string of the molecule is Cc1ccc(-c2nnc(SCC(=O)N(C)Cc3ccc(Cl)c(Cl)c3)o2)cc1C. The molecule has 28 heavy (non-hydrogen) atoms. The minimum Gasteiger partial charge on any atom is -0.411 e. The number of thioether (sulfide) groups is 1. The number of halogens is 2. The van der Waals surface area contributed by atoms with Crippen LogP contribution in [0.4, 0.5) is 0 Å². The van der Waals surface area contributed by atoms with E-state index in [0.29, 0.717) is 27.7 Å². The maximum Gasteiger partial charge on any atom is 0.277 e. The Labute approximate surface area is 178 Å². The predicted octanol–water partition coefficient (Wildman–Crippen LogP) is 5.41. The van der Waals surface area contributed by atoms with Crippen molar-refractivity contribution in [2.45, 2.75) is 25.6 Å². The van der Waals surface area contributed by atoms with Crippen molar-refractivity contribution in [2.24, 2.45) is 0 Å². The average Bonchev–Trinajstić information content (AvgIpc) is 3.14. The molecule has 146 valence electrons. The van der Waals surface area contributed by atoms with Gasteiger partial charge in [-0.2, -0.15) is 0 Å². The van der Waals surface area contributed by atoms with Crippen molar-refractivity contribution in [3.8, 4) is 11.5 Å². The minimum absolute atomic E-state index is 0.0537. The lowest BCUT2D eigenvalue weighted by Gasteiger charge is -2.17. The molecule has 0 bridgehead atoms. The average molecular weight is 436 g/mol. The zero-order valence-electron chi connectivity index (χ0n) is 15.7. The number of carbonyl (C=O) groups is 1. The highest BCUT2D eigenvalue weighted by atomic mass is 35.5. The van der Waals surface area contributed by atoms with Crippen molar-refractivity contribution < 1.29 is 9.21 Å². The molecular weight excluding hydrogens is 417 g/mol. The molecule has 3 rings (SSSR count). The van der Waals surface area contributed by atoms with Gasteiger partial charge in [0.25, 0.3) is 5.22 Å². The van der Waals surface area contributed by atoms with Crippen LogP contribution < -0.4 is 0 Å². The number of benzene rings is 2. The number of carbonyl (C=O) groups excluding carboxylic acids is 1. The molecule has 0 N–H and O–H groups in total. The van der Waals surface area contributed by atoms with E-state index in [2.05, 4.69) is 10.2 Å². The summed E-state index contributed by atoms with van der Waals surface area (Å²) in [7, 11) is 1.74. The van der Waals surface area contributed by atoms with E-state index in [9.17, 15) is 4.79 Å². The van der Waals surface area contributed by atoms with E-state index >= 15 is 0 Å². The van der Waals surface area contributed by atoms with Gasteiger partial charge in [0.1, 0.15) is 0 Å². The fraction of sp³-hybridized carbons (Fsp3) is 0.250. The Hall–Kier alpha value is -2.02. The molecule has 0 fully saturated rings. The van der Waals surface area contributed by atoms with Gasteiger partial charge in [-0.05, 0) is 54.8 Å². The second-order valence-corrected chi connectivity index (χ2v) is 8.20. The first-order chi connectivity index (χ1) is 13.3. The van der Waals surface area contributed by atoms with Crippen LogP contribution in [-0.2, 0) is 11.3 Å². The smallest absolute Gasteiger partial charge is 0.277 e. The summed E-state index contributed by atoms with van der Waals surface area (Å²) >= 11 is 13.2. The van der Waals surface area contributed by atoms with Crippen LogP contribution >= 0.6 is 35.0 Å². The summed E-state index contributed by atoms with van der Waals surface area (Å²) < 4.78 is 5.68. The molecule has 0 aliphatic carbocycles. The molecule has 0 aliphatic rings. The van der Waals surface area contributed by atoms with E-state index in [1.165, 1.54) is 17.3 Å². The van der Waals surface area contributed by atoms with Gasteiger partial charge in [-0.25, -0.2) is 0 Å². The highest BCUT2D eigenvalue weighted by molar-refractivity contribution is 7.99. The van der Waals surface area contributed by atoms with E-state index in [1.54, 1.807) is 24.1 Å².